The molecule has 0 saturated carbocycles. The zero-order valence-corrected chi connectivity index (χ0v) is 11.4. The van der Waals surface area contributed by atoms with Crippen LogP contribution in [0, 0.1) is 19.7 Å². The van der Waals surface area contributed by atoms with Crippen molar-refractivity contribution in [2.24, 2.45) is 0 Å². The number of benzene rings is 2. The Kier molecular flexibility index (Phi) is 3.05. The lowest BCUT2D eigenvalue weighted by Crippen LogP contribution is -2.25. The van der Waals surface area contributed by atoms with E-state index in [1.54, 1.807) is 26.0 Å². The zero-order chi connectivity index (χ0) is 14.3. The van der Waals surface area contributed by atoms with E-state index < -0.39 is 6.10 Å². The van der Waals surface area contributed by atoms with Gasteiger partial charge in [-0.3, -0.25) is 4.79 Å². The summed E-state index contributed by atoms with van der Waals surface area (Å²) in [6, 6.07) is 10.8. The molecule has 2 aromatic rings. The topological polar surface area (TPSA) is 26.3 Å². The molecule has 1 aliphatic heterocycles. The van der Waals surface area contributed by atoms with E-state index >= 15 is 0 Å². The van der Waals surface area contributed by atoms with Crippen LogP contribution in [0.1, 0.15) is 27.0 Å². The normalized spacial score (nSPS) is 16.6. The molecule has 0 aromatic heterocycles. The van der Waals surface area contributed by atoms with Crippen molar-refractivity contribution in [1.82, 2.24) is 0 Å². The first-order valence-electron chi connectivity index (χ1n) is 6.62. The summed E-state index contributed by atoms with van der Waals surface area (Å²) in [5.74, 6) is 0.422. The molecule has 0 bridgehead atoms. The van der Waals surface area contributed by atoms with E-state index in [-0.39, 0.29) is 11.6 Å². The minimum absolute atomic E-state index is 0.0904. The molecule has 1 atom stereocenters. The Labute approximate surface area is 117 Å². The first kappa shape index (κ1) is 12.9. The van der Waals surface area contributed by atoms with Crippen LogP contribution in [-0.4, -0.2) is 11.9 Å². The molecule has 0 amide bonds. The Bertz CT molecular complexity index is 643. The average molecular weight is 270 g/mol. The van der Waals surface area contributed by atoms with Gasteiger partial charge in [0.2, 0.25) is 5.78 Å². The van der Waals surface area contributed by atoms with Gasteiger partial charge in [0.15, 0.2) is 6.10 Å². The summed E-state index contributed by atoms with van der Waals surface area (Å²) in [6.45, 7) is 3.34. The van der Waals surface area contributed by atoms with E-state index in [1.807, 2.05) is 24.3 Å². The van der Waals surface area contributed by atoms with Crippen molar-refractivity contribution in [2.75, 3.05) is 0 Å². The van der Waals surface area contributed by atoms with Crippen molar-refractivity contribution < 1.29 is 13.9 Å². The zero-order valence-electron chi connectivity index (χ0n) is 11.4. The first-order valence-corrected chi connectivity index (χ1v) is 6.62. The summed E-state index contributed by atoms with van der Waals surface area (Å²) < 4.78 is 19.3. The van der Waals surface area contributed by atoms with Crippen LogP contribution in [0.2, 0.25) is 0 Å². The van der Waals surface area contributed by atoms with Crippen LogP contribution in [0.4, 0.5) is 4.39 Å². The Hall–Kier alpha value is -2.16. The summed E-state index contributed by atoms with van der Waals surface area (Å²) in [5.41, 5.74) is 2.54. The highest BCUT2D eigenvalue weighted by Crippen LogP contribution is 2.30. The average Bonchev–Trinajstić information content (AvgIpc) is 2.87. The van der Waals surface area contributed by atoms with Gasteiger partial charge in [-0.2, -0.15) is 0 Å². The number of rotatable bonds is 2. The maximum absolute atomic E-state index is 13.6. The predicted molar refractivity (Wildman–Crippen MR) is 74.8 cm³/mol. The van der Waals surface area contributed by atoms with Gasteiger partial charge in [-0.25, -0.2) is 4.39 Å². The molecule has 2 aromatic carbocycles. The number of carbonyl (C=O) groups is 1. The Morgan fingerprint density at radius 1 is 1.20 bits per heavy atom. The van der Waals surface area contributed by atoms with E-state index in [2.05, 4.69) is 0 Å². The summed E-state index contributed by atoms with van der Waals surface area (Å²) in [6.07, 6.45) is 0.0708. The molecule has 102 valence electrons. The molecule has 0 N–H and O–H groups in total. The largest absolute Gasteiger partial charge is 0.482 e. The number of fused-ring (bicyclic) bond motifs is 1. The molecule has 2 nitrogen and oxygen atoms in total. The van der Waals surface area contributed by atoms with Gasteiger partial charge in [0.1, 0.15) is 11.6 Å². The SMILES string of the molecule is Cc1cc(C(=O)C2Cc3ccccc3O2)cc(C)c1F. The molecule has 0 saturated heterocycles. The molecule has 1 heterocycles. The van der Waals surface area contributed by atoms with Crippen molar-refractivity contribution >= 4 is 5.78 Å². The van der Waals surface area contributed by atoms with E-state index in [0.717, 1.165) is 11.3 Å². The Morgan fingerprint density at radius 2 is 1.85 bits per heavy atom. The second-order valence-corrected chi connectivity index (χ2v) is 5.21. The molecule has 0 aliphatic carbocycles. The van der Waals surface area contributed by atoms with Crippen molar-refractivity contribution in [3.8, 4) is 5.75 Å². The number of para-hydroxylation sites is 1. The van der Waals surface area contributed by atoms with Gasteiger partial charge in [0.05, 0.1) is 0 Å². The maximum atomic E-state index is 13.6. The van der Waals surface area contributed by atoms with E-state index in [4.69, 9.17) is 4.74 Å². The highest BCUT2D eigenvalue weighted by molar-refractivity contribution is 6.00. The highest BCUT2D eigenvalue weighted by atomic mass is 19.1. The maximum Gasteiger partial charge on any atom is 0.203 e. The minimum atomic E-state index is -0.503. The fraction of sp³-hybridized carbons (Fsp3) is 0.235. The van der Waals surface area contributed by atoms with Gasteiger partial charge < -0.3 is 4.74 Å². The van der Waals surface area contributed by atoms with E-state index in [1.165, 1.54) is 0 Å². The van der Waals surface area contributed by atoms with Gasteiger partial charge in [0, 0.05) is 12.0 Å². The third-order valence-corrected chi connectivity index (χ3v) is 3.66. The second kappa shape index (κ2) is 4.75. The van der Waals surface area contributed by atoms with E-state index in [0.29, 0.717) is 23.1 Å². The molecule has 0 fully saturated rings. The third kappa shape index (κ3) is 2.09. The molecule has 0 spiro atoms. The van der Waals surface area contributed by atoms with Crippen LogP contribution in [0.25, 0.3) is 0 Å². The van der Waals surface area contributed by atoms with Gasteiger partial charge in [-0.15, -0.1) is 0 Å². The van der Waals surface area contributed by atoms with Crippen molar-refractivity contribution in [1.29, 1.82) is 0 Å². The smallest absolute Gasteiger partial charge is 0.203 e. The fourth-order valence-electron chi connectivity index (χ4n) is 2.60. The summed E-state index contributed by atoms with van der Waals surface area (Å²) in [7, 11) is 0. The second-order valence-electron chi connectivity index (χ2n) is 5.21. The van der Waals surface area contributed by atoms with Gasteiger partial charge in [0.25, 0.3) is 0 Å². The molecule has 1 unspecified atom stereocenters. The minimum Gasteiger partial charge on any atom is -0.482 e. The highest BCUT2D eigenvalue weighted by Gasteiger charge is 2.29. The van der Waals surface area contributed by atoms with Crippen molar-refractivity contribution in [3.05, 3.63) is 64.5 Å². The molecular formula is C17H15FO2. The summed E-state index contributed by atoms with van der Waals surface area (Å²) >= 11 is 0. The van der Waals surface area contributed by atoms with Crippen molar-refractivity contribution in [2.45, 2.75) is 26.4 Å². The van der Waals surface area contributed by atoms with Crippen LogP contribution in [0.5, 0.6) is 5.75 Å². The molecule has 1 aliphatic rings. The van der Waals surface area contributed by atoms with Gasteiger partial charge in [-0.05, 0) is 48.7 Å². The third-order valence-electron chi connectivity index (χ3n) is 3.66. The Morgan fingerprint density at radius 3 is 2.50 bits per heavy atom. The standard InChI is InChI=1S/C17H15FO2/c1-10-7-13(8-11(2)16(10)18)17(19)15-9-12-5-3-4-6-14(12)20-15/h3-8,15H,9H2,1-2H3. The molecular weight excluding hydrogens is 255 g/mol. The number of ether oxygens (including phenoxy) is 1. The Balaban J connectivity index is 1.88. The van der Waals surface area contributed by atoms with Crippen LogP contribution < -0.4 is 4.74 Å². The molecule has 3 heteroatoms. The van der Waals surface area contributed by atoms with Crippen molar-refractivity contribution in [3.63, 3.8) is 0 Å². The van der Waals surface area contributed by atoms with Crippen LogP contribution in [0.15, 0.2) is 36.4 Å². The lowest BCUT2D eigenvalue weighted by molar-refractivity contribution is 0.0824. The number of halogens is 1. The number of carbonyl (C=O) groups excluding carboxylic acids is 1. The van der Waals surface area contributed by atoms with Gasteiger partial charge >= 0.3 is 0 Å². The quantitative estimate of drug-likeness (QED) is 0.779. The lowest BCUT2D eigenvalue weighted by Gasteiger charge is -2.11. The van der Waals surface area contributed by atoms with Gasteiger partial charge in [-0.1, -0.05) is 18.2 Å². The monoisotopic (exact) mass is 270 g/mol. The van der Waals surface area contributed by atoms with Crippen LogP contribution in [0.3, 0.4) is 0 Å². The number of Topliss-reactive ketones (excluding diaryl/α,β-unsaturated/α-hetero) is 1. The number of hydrogen-bond donors (Lipinski definition) is 0. The van der Waals surface area contributed by atoms with Crippen LogP contribution in [-0.2, 0) is 6.42 Å². The molecule has 0 radical (unpaired) electrons. The van der Waals surface area contributed by atoms with E-state index in [9.17, 15) is 9.18 Å². The fourth-order valence-corrected chi connectivity index (χ4v) is 2.60. The first-order chi connectivity index (χ1) is 9.56. The lowest BCUT2D eigenvalue weighted by atomic mass is 9.98. The predicted octanol–water partition coefficient (Wildman–Crippen LogP) is 3.63. The number of ketones is 1. The summed E-state index contributed by atoms with van der Waals surface area (Å²) in [5, 5.41) is 0. The number of aryl methyl sites for hydroxylation is 2. The number of hydrogen-bond acceptors (Lipinski definition) is 2. The van der Waals surface area contributed by atoms with Crippen LogP contribution >= 0.6 is 0 Å². The summed E-state index contributed by atoms with van der Waals surface area (Å²) in [4.78, 5) is 12.5. The molecule has 20 heavy (non-hydrogen) atoms. The molecule has 3 rings (SSSR count).